The van der Waals surface area contributed by atoms with Gasteiger partial charge in [0.1, 0.15) is 0 Å². The van der Waals surface area contributed by atoms with Gasteiger partial charge in [0.15, 0.2) is 0 Å². The summed E-state index contributed by atoms with van der Waals surface area (Å²) in [5.41, 5.74) is 2.61. The minimum Gasteiger partial charge on any atom is -0.453 e. The van der Waals surface area contributed by atoms with Gasteiger partial charge in [0, 0.05) is 17.4 Å². The van der Waals surface area contributed by atoms with Crippen molar-refractivity contribution in [2.75, 3.05) is 19.0 Å². The van der Waals surface area contributed by atoms with Crippen LogP contribution in [0.5, 0.6) is 0 Å². The summed E-state index contributed by atoms with van der Waals surface area (Å²) in [6, 6.07) is 7.34. The minimum atomic E-state index is -0.497. The Morgan fingerprint density at radius 3 is 2.74 bits per heavy atom. The van der Waals surface area contributed by atoms with E-state index >= 15 is 0 Å². The Morgan fingerprint density at radius 2 is 2.11 bits per heavy atom. The Kier molecular flexibility index (Phi) is 4.15. The van der Waals surface area contributed by atoms with E-state index in [9.17, 15) is 4.79 Å². The Bertz CT molecular complexity index is 549. The van der Waals surface area contributed by atoms with Gasteiger partial charge in [-0.05, 0) is 17.7 Å². The van der Waals surface area contributed by atoms with E-state index in [1.807, 2.05) is 18.3 Å². The summed E-state index contributed by atoms with van der Waals surface area (Å²) in [7, 11) is 1.32. The van der Waals surface area contributed by atoms with Crippen molar-refractivity contribution in [2.45, 2.75) is 6.54 Å². The fraction of sp³-hybridized carbons (Fsp3) is 0.231. The average Bonchev–Trinajstić information content (AvgIpc) is 2.88. The first kappa shape index (κ1) is 13.1. The minimum absolute atomic E-state index is 0.0586. The maximum atomic E-state index is 11.0. The number of carbonyl (C=O) groups is 1. The zero-order valence-corrected chi connectivity index (χ0v) is 10.5. The highest BCUT2D eigenvalue weighted by Crippen LogP contribution is 2.20. The highest BCUT2D eigenvalue weighted by molar-refractivity contribution is 5.84. The van der Waals surface area contributed by atoms with E-state index in [0.29, 0.717) is 12.2 Å². The third kappa shape index (κ3) is 3.32. The molecule has 0 bridgehead atoms. The summed E-state index contributed by atoms with van der Waals surface area (Å²) in [5.74, 6) is 0. The second-order valence-electron chi connectivity index (χ2n) is 3.91. The van der Waals surface area contributed by atoms with E-state index in [2.05, 4.69) is 15.2 Å². The number of carbonyl (C=O) groups excluding carboxylic acids is 1. The molecule has 1 aromatic heterocycles. The number of anilines is 1. The first-order chi connectivity index (χ1) is 9.22. The Morgan fingerprint density at radius 1 is 1.37 bits per heavy atom. The van der Waals surface area contributed by atoms with E-state index in [1.165, 1.54) is 7.11 Å². The zero-order chi connectivity index (χ0) is 13.7. The van der Waals surface area contributed by atoms with Gasteiger partial charge in [-0.2, -0.15) is 5.10 Å². The van der Waals surface area contributed by atoms with Crippen LogP contribution in [0.2, 0.25) is 0 Å². The van der Waals surface area contributed by atoms with Gasteiger partial charge in [-0.3, -0.25) is 10.00 Å². The largest absolute Gasteiger partial charge is 0.453 e. The van der Waals surface area contributed by atoms with Gasteiger partial charge in [-0.25, -0.2) is 4.79 Å². The fourth-order valence-corrected chi connectivity index (χ4v) is 1.65. The van der Waals surface area contributed by atoms with Crippen LogP contribution in [-0.2, 0) is 11.3 Å². The van der Waals surface area contributed by atoms with Crippen LogP contribution in [0.1, 0.15) is 0 Å². The molecule has 0 atom stereocenters. The first-order valence-corrected chi connectivity index (χ1v) is 5.81. The highest BCUT2D eigenvalue weighted by Gasteiger charge is 2.03. The topological polar surface area (TPSA) is 76.4 Å². The SMILES string of the molecule is COC(=O)Nc1ccc(-c2cnn(CCO)c2)cc1. The Hall–Kier alpha value is -2.34. The lowest BCUT2D eigenvalue weighted by molar-refractivity contribution is 0.187. The number of rotatable bonds is 4. The van der Waals surface area contributed by atoms with Gasteiger partial charge >= 0.3 is 6.09 Å². The van der Waals surface area contributed by atoms with Crippen LogP contribution < -0.4 is 5.32 Å². The summed E-state index contributed by atoms with van der Waals surface area (Å²) in [6.45, 7) is 0.533. The molecule has 100 valence electrons. The van der Waals surface area contributed by atoms with Crippen molar-refractivity contribution in [1.29, 1.82) is 0 Å². The molecule has 2 rings (SSSR count). The van der Waals surface area contributed by atoms with Gasteiger partial charge in [0.05, 0.1) is 26.5 Å². The van der Waals surface area contributed by atoms with Gasteiger partial charge in [0.25, 0.3) is 0 Å². The lowest BCUT2D eigenvalue weighted by atomic mass is 10.1. The summed E-state index contributed by atoms with van der Waals surface area (Å²) in [5, 5.41) is 15.5. The lowest BCUT2D eigenvalue weighted by Crippen LogP contribution is -2.10. The lowest BCUT2D eigenvalue weighted by Gasteiger charge is -2.04. The smallest absolute Gasteiger partial charge is 0.411 e. The van der Waals surface area contributed by atoms with E-state index in [1.54, 1.807) is 23.0 Å². The molecule has 0 radical (unpaired) electrons. The molecule has 0 saturated heterocycles. The van der Waals surface area contributed by atoms with Gasteiger partial charge < -0.3 is 9.84 Å². The van der Waals surface area contributed by atoms with Crippen LogP contribution in [0.15, 0.2) is 36.7 Å². The van der Waals surface area contributed by atoms with Crippen molar-refractivity contribution in [1.82, 2.24) is 9.78 Å². The molecule has 0 unspecified atom stereocenters. The molecule has 1 aromatic carbocycles. The fourth-order valence-electron chi connectivity index (χ4n) is 1.65. The number of amides is 1. The predicted octanol–water partition coefficient (Wildman–Crippen LogP) is 1.72. The number of hydrogen-bond acceptors (Lipinski definition) is 4. The number of nitrogens with zero attached hydrogens (tertiary/aromatic N) is 2. The third-order valence-corrected chi connectivity index (χ3v) is 2.61. The van der Waals surface area contributed by atoms with E-state index in [-0.39, 0.29) is 6.61 Å². The van der Waals surface area contributed by atoms with Crippen LogP contribution in [0.25, 0.3) is 11.1 Å². The van der Waals surface area contributed by atoms with Crippen LogP contribution in [0.4, 0.5) is 10.5 Å². The number of methoxy groups -OCH3 is 1. The van der Waals surface area contributed by atoms with Crippen molar-refractivity contribution >= 4 is 11.8 Å². The summed E-state index contributed by atoms with van der Waals surface area (Å²) in [6.07, 6.45) is 3.10. The van der Waals surface area contributed by atoms with Crippen molar-refractivity contribution in [3.63, 3.8) is 0 Å². The normalized spacial score (nSPS) is 10.2. The number of aliphatic hydroxyl groups excluding tert-OH is 1. The van der Waals surface area contributed by atoms with Crippen LogP contribution in [-0.4, -0.2) is 34.7 Å². The Labute approximate surface area is 110 Å². The maximum absolute atomic E-state index is 11.0. The molecule has 2 aromatic rings. The first-order valence-electron chi connectivity index (χ1n) is 5.81. The number of aliphatic hydroxyl groups is 1. The molecule has 0 aliphatic heterocycles. The van der Waals surface area contributed by atoms with E-state index in [4.69, 9.17) is 5.11 Å². The summed E-state index contributed by atoms with van der Waals surface area (Å²) in [4.78, 5) is 11.0. The van der Waals surface area contributed by atoms with Crippen LogP contribution >= 0.6 is 0 Å². The number of aromatic nitrogens is 2. The number of hydrogen-bond donors (Lipinski definition) is 2. The zero-order valence-electron chi connectivity index (χ0n) is 10.5. The molecule has 6 nitrogen and oxygen atoms in total. The quantitative estimate of drug-likeness (QED) is 0.878. The second kappa shape index (κ2) is 6.01. The van der Waals surface area contributed by atoms with Gasteiger partial charge in [-0.15, -0.1) is 0 Å². The summed E-state index contributed by atoms with van der Waals surface area (Å²) < 4.78 is 6.19. The predicted molar refractivity (Wildman–Crippen MR) is 70.8 cm³/mol. The van der Waals surface area contributed by atoms with E-state index < -0.39 is 6.09 Å². The molecule has 6 heteroatoms. The van der Waals surface area contributed by atoms with Gasteiger partial charge in [-0.1, -0.05) is 12.1 Å². The van der Waals surface area contributed by atoms with Crippen molar-refractivity contribution < 1.29 is 14.6 Å². The maximum Gasteiger partial charge on any atom is 0.411 e. The molecule has 0 aliphatic rings. The van der Waals surface area contributed by atoms with Crippen molar-refractivity contribution in [3.8, 4) is 11.1 Å². The molecule has 0 aliphatic carbocycles. The molecular weight excluding hydrogens is 246 g/mol. The molecule has 0 fully saturated rings. The average molecular weight is 261 g/mol. The van der Waals surface area contributed by atoms with Gasteiger partial charge in [0.2, 0.25) is 0 Å². The number of benzene rings is 1. The molecule has 1 amide bonds. The molecular formula is C13H15N3O3. The summed E-state index contributed by atoms with van der Waals surface area (Å²) >= 11 is 0. The highest BCUT2D eigenvalue weighted by atomic mass is 16.5. The monoisotopic (exact) mass is 261 g/mol. The third-order valence-electron chi connectivity index (χ3n) is 2.61. The molecule has 2 N–H and O–H groups in total. The van der Waals surface area contributed by atoms with Crippen molar-refractivity contribution in [3.05, 3.63) is 36.7 Å². The second-order valence-corrected chi connectivity index (χ2v) is 3.91. The number of nitrogens with one attached hydrogen (secondary N) is 1. The molecule has 19 heavy (non-hydrogen) atoms. The van der Waals surface area contributed by atoms with Crippen LogP contribution in [0.3, 0.4) is 0 Å². The Balaban J connectivity index is 2.10. The van der Waals surface area contributed by atoms with E-state index in [0.717, 1.165) is 11.1 Å². The number of ether oxygens (including phenoxy) is 1. The molecule has 0 saturated carbocycles. The van der Waals surface area contributed by atoms with Crippen LogP contribution in [0, 0.1) is 0 Å². The standard InChI is InChI=1S/C13H15N3O3/c1-19-13(18)15-12-4-2-10(3-5-12)11-8-14-16(9-11)6-7-17/h2-5,8-9,17H,6-7H2,1H3,(H,15,18). The molecule has 0 spiro atoms. The molecule has 1 heterocycles. The van der Waals surface area contributed by atoms with Crippen molar-refractivity contribution in [2.24, 2.45) is 0 Å².